The Bertz CT molecular complexity index is 399. The monoisotopic (exact) mass is 203 g/mol. The number of nitrogen functional groups attached to an aromatic ring is 1. The Morgan fingerprint density at radius 1 is 1.33 bits per heavy atom. The summed E-state index contributed by atoms with van der Waals surface area (Å²) < 4.78 is 0. The minimum Gasteiger partial charge on any atom is -0.384 e. The smallest absolute Gasteiger partial charge is 0.198 e. The lowest BCUT2D eigenvalue weighted by molar-refractivity contribution is 0.0984. The zero-order chi connectivity index (χ0) is 11.3. The van der Waals surface area contributed by atoms with E-state index in [1.165, 1.54) is 0 Å². The quantitative estimate of drug-likeness (QED) is 0.426. The standard InChI is InChI=1S/C11H11N2O2/c12-11(13)9-5-2-1-4-8(9)10(15)6-3-7-14/h1-2,4-5H,3,6H2,(H3,12,13). The van der Waals surface area contributed by atoms with Crippen LogP contribution in [0.5, 0.6) is 0 Å². The molecule has 0 saturated heterocycles. The van der Waals surface area contributed by atoms with Crippen LogP contribution in [0.3, 0.4) is 0 Å². The molecule has 15 heavy (non-hydrogen) atoms. The van der Waals surface area contributed by atoms with E-state index >= 15 is 0 Å². The highest BCUT2D eigenvalue weighted by atomic mass is 16.1. The van der Waals surface area contributed by atoms with Gasteiger partial charge in [0.05, 0.1) is 0 Å². The summed E-state index contributed by atoms with van der Waals surface area (Å²) >= 11 is 0. The molecule has 0 aromatic heterocycles. The maximum atomic E-state index is 11.6. The number of rotatable bonds is 5. The third kappa shape index (κ3) is 2.74. The normalized spacial score (nSPS) is 9.60. The molecule has 0 saturated carbocycles. The topological polar surface area (TPSA) is 84.0 Å². The highest BCUT2D eigenvalue weighted by molar-refractivity contribution is 6.08. The number of carbonyl (C=O) groups is 1. The van der Waals surface area contributed by atoms with Crippen LogP contribution in [0.15, 0.2) is 24.3 Å². The fraction of sp³-hybridized carbons (Fsp3) is 0.182. The van der Waals surface area contributed by atoms with Gasteiger partial charge in [0.15, 0.2) is 12.1 Å². The van der Waals surface area contributed by atoms with Gasteiger partial charge in [0.25, 0.3) is 0 Å². The zero-order valence-electron chi connectivity index (χ0n) is 8.12. The number of benzene rings is 1. The van der Waals surface area contributed by atoms with E-state index in [1.807, 2.05) is 0 Å². The van der Waals surface area contributed by atoms with Crippen molar-refractivity contribution in [1.82, 2.24) is 0 Å². The predicted molar refractivity (Wildman–Crippen MR) is 56.7 cm³/mol. The summed E-state index contributed by atoms with van der Waals surface area (Å²) in [7, 11) is 0. The third-order valence-electron chi connectivity index (χ3n) is 1.97. The summed E-state index contributed by atoms with van der Waals surface area (Å²) in [5.74, 6) is -0.335. The molecule has 0 aliphatic carbocycles. The SMILES string of the molecule is N=C(N)c1ccccc1C(=O)CC[C]=O. The Labute approximate surface area is 87.6 Å². The van der Waals surface area contributed by atoms with E-state index < -0.39 is 0 Å². The number of ketones is 1. The first-order chi connectivity index (χ1) is 7.16. The summed E-state index contributed by atoms with van der Waals surface area (Å²) in [5, 5.41) is 7.29. The van der Waals surface area contributed by atoms with Gasteiger partial charge in [-0.1, -0.05) is 24.3 Å². The van der Waals surface area contributed by atoms with Crippen LogP contribution in [0.4, 0.5) is 0 Å². The number of carbonyl (C=O) groups excluding carboxylic acids is 2. The first-order valence-electron chi connectivity index (χ1n) is 4.48. The molecule has 3 N–H and O–H groups in total. The van der Waals surface area contributed by atoms with Crippen molar-refractivity contribution in [1.29, 1.82) is 5.41 Å². The summed E-state index contributed by atoms with van der Waals surface area (Å²) in [6.07, 6.45) is 1.84. The molecule has 0 fully saturated rings. The van der Waals surface area contributed by atoms with Crippen LogP contribution >= 0.6 is 0 Å². The Hall–Kier alpha value is -1.97. The Morgan fingerprint density at radius 3 is 2.47 bits per heavy atom. The van der Waals surface area contributed by atoms with Gasteiger partial charge in [0.1, 0.15) is 5.84 Å². The van der Waals surface area contributed by atoms with Crippen LogP contribution < -0.4 is 5.73 Å². The number of amidine groups is 1. The predicted octanol–water partition coefficient (Wildman–Crippen LogP) is 1.04. The average molecular weight is 203 g/mol. The van der Waals surface area contributed by atoms with Gasteiger partial charge in [-0.15, -0.1) is 0 Å². The zero-order valence-corrected chi connectivity index (χ0v) is 8.12. The number of hydrogen-bond donors (Lipinski definition) is 2. The van der Waals surface area contributed by atoms with E-state index in [9.17, 15) is 9.59 Å². The molecule has 1 radical (unpaired) electrons. The molecule has 0 atom stereocenters. The summed E-state index contributed by atoms with van der Waals surface area (Å²) in [6, 6.07) is 6.62. The molecule has 0 heterocycles. The molecular weight excluding hydrogens is 192 g/mol. The van der Waals surface area contributed by atoms with Gasteiger partial charge in [0.2, 0.25) is 0 Å². The molecule has 4 nitrogen and oxygen atoms in total. The van der Waals surface area contributed by atoms with Crippen LogP contribution in [0.2, 0.25) is 0 Å². The third-order valence-corrected chi connectivity index (χ3v) is 1.97. The Kier molecular flexibility index (Phi) is 3.74. The second-order valence-corrected chi connectivity index (χ2v) is 3.03. The maximum absolute atomic E-state index is 11.6. The largest absolute Gasteiger partial charge is 0.384 e. The van der Waals surface area contributed by atoms with Crippen molar-refractivity contribution >= 4 is 17.9 Å². The molecule has 0 aliphatic heterocycles. The number of Topliss-reactive ketones (excluding diaryl/α,β-unsaturated/α-hetero) is 1. The van der Waals surface area contributed by atoms with Crippen LogP contribution in [0.25, 0.3) is 0 Å². The highest BCUT2D eigenvalue weighted by Gasteiger charge is 2.11. The molecule has 1 rings (SSSR count). The van der Waals surface area contributed by atoms with Crippen molar-refractivity contribution < 1.29 is 9.59 Å². The Morgan fingerprint density at radius 2 is 1.93 bits per heavy atom. The van der Waals surface area contributed by atoms with E-state index in [0.29, 0.717) is 11.1 Å². The maximum Gasteiger partial charge on any atom is 0.198 e. The second kappa shape index (κ2) is 5.05. The van der Waals surface area contributed by atoms with Gasteiger partial charge in [-0.3, -0.25) is 15.0 Å². The summed E-state index contributed by atoms with van der Waals surface area (Å²) in [5.41, 5.74) is 6.13. The van der Waals surface area contributed by atoms with Crippen LogP contribution in [-0.4, -0.2) is 17.9 Å². The molecule has 77 valence electrons. The minimum absolute atomic E-state index is 0.0745. The van der Waals surface area contributed by atoms with Gasteiger partial charge < -0.3 is 5.73 Å². The van der Waals surface area contributed by atoms with E-state index in [0.717, 1.165) is 0 Å². The number of nitrogens with two attached hydrogens (primary N) is 1. The second-order valence-electron chi connectivity index (χ2n) is 3.03. The average Bonchev–Trinajstić information content (AvgIpc) is 2.25. The van der Waals surface area contributed by atoms with Crippen molar-refractivity contribution in [2.24, 2.45) is 5.73 Å². The molecule has 1 aromatic carbocycles. The fourth-order valence-corrected chi connectivity index (χ4v) is 1.26. The molecular formula is C11H11N2O2. The molecule has 0 unspecified atom stereocenters. The van der Waals surface area contributed by atoms with Crippen LogP contribution in [0, 0.1) is 5.41 Å². The van der Waals surface area contributed by atoms with Crippen molar-refractivity contribution in [3.8, 4) is 0 Å². The van der Waals surface area contributed by atoms with Crippen molar-refractivity contribution in [2.45, 2.75) is 12.8 Å². The van der Waals surface area contributed by atoms with E-state index in [2.05, 4.69) is 0 Å². The highest BCUT2D eigenvalue weighted by Crippen LogP contribution is 2.11. The van der Waals surface area contributed by atoms with Crippen molar-refractivity contribution in [2.75, 3.05) is 0 Å². The molecule has 0 bridgehead atoms. The van der Waals surface area contributed by atoms with Crippen LogP contribution in [-0.2, 0) is 4.79 Å². The summed E-state index contributed by atoms with van der Waals surface area (Å²) in [6.45, 7) is 0. The molecule has 4 heteroatoms. The first kappa shape index (κ1) is 11.1. The number of hydrogen-bond acceptors (Lipinski definition) is 3. The van der Waals surface area contributed by atoms with E-state index in [4.69, 9.17) is 11.1 Å². The van der Waals surface area contributed by atoms with E-state index in [1.54, 1.807) is 30.6 Å². The van der Waals surface area contributed by atoms with Gasteiger partial charge in [-0.05, 0) is 0 Å². The molecule has 0 aliphatic rings. The lowest BCUT2D eigenvalue weighted by Crippen LogP contribution is -2.16. The van der Waals surface area contributed by atoms with Crippen LogP contribution in [0.1, 0.15) is 28.8 Å². The van der Waals surface area contributed by atoms with Gasteiger partial charge >= 0.3 is 0 Å². The van der Waals surface area contributed by atoms with Crippen molar-refractivity contribution in [3.05, 3.63) is 35.4 Å². The fourth-order valence-electron chi connectivity index (χ4n) is 1.26. The lowest BCUT2D eigenvalue weighted by Gasteiger charge is -2.05. The summed E-state index contributed by atoms with van der Waals surface area (Å²) in [4.78, 5) is 21.6. The molecule has 0 amide bonds. The van der Waals surface area contributed by atoms with Gasteiger partial charge in [-0.25, -0.2) is 0 Å². The van der Waals surface area contributed by atoms with E-state index in [-0.39, 0.29) is 24.5 Å². The first-order valence-corrected chi connectivity index (χ1v) is 4.48. The molecule has 0 spiro atoms. The molecule has 1 aromatic rings. The Balaban J connectivity index is 2.97. The van der Waals surface area contributed by atoms with Gasteiger partial charge in [0, 0.05) is 24.0 Å². The number of nitrogens with one attached hydrogen (secondary N) is 1. The lowest BCUT2D eigenvalue weighted by atomic mass is 10.0. The van der Waals surface area contributed by atoms with Gasteiger partial charge in [-0.2, -0.15) is 0 Å². The van der Waals surface area contributed by atoms with Crippen molar-refractivity contribution in [3.63, 3.8) is 0 Å². The minimum atomic E-state index is -0.191.